The normalized spacial score (nSPS) is 19.1. The first-order chi connectivity index (χ1) is 17.2. The summed E-state index contributed by atoms with van der Waals surface area (Å²) in [6.07, 6.45) is 1.75. The first kappa shape index (κ1) is 26.1. The smallest absolute Gasteiger partial charge is 0.313 e. The van der Waals surface area contributed by atoms with E-state index in [1.165, 1.54) is 11.1 Å². The van der Waals surface area contributed by atoms with Crippen LogP contribution in [-0.2, 0) is 15.7 Å². The molecule has 5 heteroatoms. The number of carboxylic acid groups (broad SMARTS) is 1. The number of benzene rings is 3. The van der Waals surface area contributed by atoms with Crippen molar-refractivity contribution in [2.45, 2.75) is 62.7 Å². The van der Waals surface area contributed by atoms with E-state index in [4.69, 9.17) is 0 Å². The number of aliphatic hydroxyl groups is 2. The number of carboxylic acids is 1. The van der Waals surface area contributed by atoms with Gasteiger partial charge in [-0.3, -0.25) is 9.69 Å². The van der Waals surface area contributed by atoms with Gasteiger partial charge in [0.25, 0.3) is 0 Å². The lowest BCUT2D eigenvalue weighted by Gasteiger charge is -2.50. The lowest BCUT2D eigenvalue weighted by molar-refractivity contribution is -0.142. The number of carbonyl (C=O) groups is 1. The highest BCUT2D eigenvalue weighted by Crippen LogP contribution is 2.43. The molecule has 1 aliphatic rings. The van der Waals surface area contributed by atoms with Crippen LogP contribution >= 0.6 is 0 Å². The Hall–Kier alpha value is -2.99. The van der Waals surface area contributed by atoms with Crippen LogP contribution < -0.4 is 0 Å². The third-order valence-electron chi connectivity index (χ3n) is 7.76. The number of likely N-dealkylation sites (tertiary alicyclic amines) is 1. The average Bonchev–Trinajstić information content (AvgIpc) is 2.90. The molecule has 0 aliphatic carbocycles. The Balaban J connectivity index is 1.51. The standard InChI is InChI=1S/C31H37NO4/c1-30(2,29(35)36)24-17-15-23(16-18-24)28(34)14-9-20-32-21-19-27(33)22-31(32,25-10-5-3-6-11-25)26-12-7-4-8-13-26/h3-8,10-13,15-18,27-28,33-34H,9,14,19-22H2,1-2H3,(H,35,36). The summed E-state index contributed by atoms with van der Waals surface area (Å²) in [5.41, 5.74) is 2.47. The highest BCUT2D eigenvalue weighted by molar-refractivity contribution is 5.80. The fourth-order valence-corrected chi connectivity index (χ4v) is 5.45. The predicted octanol–water partition coefficient (Wildman–Crippen LogP) is 5.26. The molecule has 0 spiro atoms. The minimum Gasteiger partial charge on any atom is -0.481 e. The van der Waals surface area contributed by atoms with Gasteiger partial charge in [0.1, 0.15) is 0 Å². The van der Waals surface area contributed by atoms with Gasteiger partial charge in [-0.25, -0.2) is 0 Å². The molecular formula is C31H37NO4. The number of aliphatic carboxylic acids is 1. The van der Waals surface area contributed by atoms with Gasteiger partial charge in [-0.1, -0.05) is 84.9 Å². The van der Waals surface area contributed by atoms with Gasteiger partial charge >= 0.3 is 5.97 Å². The Bertz CT molecular complexity index is 1090. The molecule has 2 unspecified atom stereocenters. The molecule has 0 bridgehead atoms. The summed E-state index contributed by atoms with van der Waals surface area (Å²) in [6.45, 7) is 4.93. The topological polar surface area (TPSA) is 81.0 Å². The van der Waals surface area contributed by atoms with Gasteiger partial charge in [-0.2, -0.15) is 0 Å². The summed E-state index contributed by atoms with van der Waals surface area (Å²) in [7, 11) is 0. The second-order valence-electron chi connectivity index (χ2n) is 10.4. The molecule has 3 N–H and O–H groups in total. The second kappa shape index (κ2) is 11.0. The van der Waals surface area contributed by atoms with Gasteiger partial charge < -0.3 is 15.3 Å². The molecule has 1 aliphatic heterocycles. The van der Waals surface area contributed by atoms with Crippen molar-refractivity contribution < 1.29 is 20.1 Å². The van der Waals surface area contributed by atoms with Gasteiger partial charge in [0.2, 0.25) is 0 Å². The highest BCUT2D eigenvalue weighted by Gasteiger charge is 2.44. The van der Waals surface area contributed by atoms with Crippen LogP contribution in [0.5, 0.6) is 0 Å². The molecule has 0 radical (unpaired) electrons. The molecule has 3 aromatic rings. The van der Waals surface area contributed by atoms with Crippen molar-refractivity contribution in [3.05, 3.63) is 107 Å². The van der Waals surface area contributed by atoms with Crippen molar-refractivity contribution in [1.29, 1.82) is 0 Å². The number of piperidine rings is 1. The Morgan fingerprint density at radius 2 is 1.53 bits per heavy atom. The third-order valence-corrected chi connectivity index (χ3v) is 7.76. The SMILES string of the molecule is CC(C)(C(=O)O)c1ccc(C(O)CCCN2CCC(O)CC2(c2ccccc2)c2ccccc2)cc1. The van der Waals surface area contributed by atoms with E-state index in [0.717, 1.165) is 31.5 Å². The zero-order chi connectivity index (χ0) is 25.8. The van der Waals surface area contributed by atoms with Crippen molar-refractivity contribution >= 4 is 5.97 Å². The summed E-state index contributed by atoms with van der Waals surface area (Å²) in [5, 5.41) is 31.1. The van der Waals surface area contributed by atoms with E-state index in [9.17, 15) is 20.1 Å². The first-order valence-electron chi connectivity index (χ1n) is 12.8. The van der Waals surface area contributed by atoms with E-state index in [1.54, 1.807) is 26.0 Å². The summed E-state index contributed by atoms with van der Waals surface area (Å²) in [6, 6.07) is 28.1. The summed E-state index contributed by atoms with van der Waals surface area (Å²) in [4.78, 5) is 14.0. The first-order valence-corrected chi connectivity index (χ1v) is 12.8. The van der Waals surface area contributed by atoms with Gasteiger partial charge in [0.15, 0.2) is 0 Å². The fourth-order valence-electron chi connectivity index (χ4n) is 5.45. The molecule has 0 amide bonds. The quantitative estimate of drug-likeness (QED) is 0.383. The number of aliphatic hydroxyl groups excluding tert-OH is 2. The molecular weight excluding hydrogens is 450 g/mol. The van der Waals surface area contributed by atoms with E-state index < -0.39 is 23.0 Å². The minimum absolute atomic E-state index is 0.374. The van der Waals surface area contributed by atoms with Crippen molar-refractivity contribution in [1.82, 2.24) is 4.90 Å². The van der Waals surface area contributed by atoms with Crippen molar-refractivity contribution in [3.8, 4) is 0 Å². The van der Waals surface area contributed by atoms with Crippen LogP contribution in [0.2, 0.25) is 0 Å². The zero-order valence-electron chi connectivity index (χ0n) is 21.2. The monoisotopic (exact) mass is 487 g/mol. The van der Waals surface area contributed by atoms with Crippen molar-refractivity contribution in [2.75, 3.05) is 13.1 Å². The van der Waals surface area contributed by atoms with Crippen LogP contribution in [0.25, 0.3) is 0 Å². The van der Waals surface area contributed by atoms with Gasteiger partial charge in [0.05, 0.1) is 23.2 Å². The Kier molecular flexibility index (Phi) is 7.94. The van der Waals surface area contributed by atoms with E-state index in [-0.39, 0.29) is 6.10 Å². The zero-order valence-corrected chi connectivity index (χ0v) is 21.2. The van der Waals surface area contributed by atoms with Crippen LogP contribution in [0.3, 0.4) is 0 Å². The summed E-state index contributed by atoms with van der Waals surface area (Å²) < 4.78 is 0. The number of hydrogen-bond acceptors (Lipinski definition) is 4. The summed E-state index contributed by atoms with van der Waals surface area (Å²) >= 11 is 0. The molecule has 5 nitrogen and oxygen atoms in total. The lowest BCUT2D eigenvalue weighted by atomic mass is 9.74. The highest BCUT2D eigenvalue weighted by atomic mass is 16.4. The molecule has 0 aromatic heterocycles. The maximum absolute atomic E-state index is 11.5. The van der Waals surface area contributed by atoms with Crippen LogP contribution in [0, 0.1) is 0 Å². The van der Waals surface area contributed by atoms with Crippen LogP contribution in [0.4, 0.5) is 0 Å². The predicted molar refractivity (Wildman–Crippen MR) is 142 cm³/mol. The second-order valence-corrected chi connectivity index (χ2v) is 10.4. The Morgan fingerprint density at radius 1 is 0.972 bits per heavy atom. The Labute approximate surface area is 214 Å². The molecule has 4 rings (SSSR count). The van der Waals surface area contributed by atoms with Crippen molar-refractivity contribution in [2.24, 2.45) is 0 Å². The number of nitrogens with zero attached hydrogens (tertiary/aromatic N) is 1. The molecule has 0 saturated carbocycles. The van der Waals surface area contributed by atoms with E-state index in [0.29, 0.717) is 18.4 Å². The molecule has 36 heavy (non-hydrogen) atoms. The van der Waals surface area contributed by atoms with Crippen molar-refractivity contribution in [3.63, 3.8) is 0 Å². The van der Waals surface area contributed by atoms with Gasteiger partial charge in [-0.15, -0.1) is 0 Å². The van der Waals surface area contributed by atoms with E-state index in [1.807, 2.05) is 24.3 Å². The molecule has 2 atom stereocenters. The fraction of sp³-hybridized carbons (Fsp3) is 0.387. The maximum Gasteiger partial charge on any atom is 0.313 e. The molecule has 1 heterocycles. The molecule has 1 fully saturated rings. The third kappa shape index (κ3) is 5.24. The number of rotatable bonds is 9. The molecule has 1 saturated heterocycles. The van der Waals surface area contributed by atoms with Crippen LogP contribution in [-0.4, -0.2) is 45.4 Å². The summed E-state index contributed by atoms with van der Waals surface area (Å²) in [5.74, 6) is -0.872. The van der Waals surface area contributed by atoms with Gasteiger partial charge in [-0.05, 0) is 61.9 Å². The molecule has 3 aromatic carbocycles. The largest absolute Gasteiger partial charge is 0.481 e. The van der Waals surface area contributed by atoms with Crippen LogP contribution in [0.15, 0.2) is 84.9 Å². The van der Waals surface area contributed by atoms with Gasteiger partial charge in [0, 0.05) is 13.0 Å². The number of hydrogen-bond donors (Lipinski definition) is 3. The van der Waals surface area contributed by atoms with E-state index in [2.05, 4.69) is 53.4 Å². The van der Waals surface area contributed by atoms with Crippen LogP contribution in [0.1, 0.15) is 67.9 Å². The lowest BCUT2D eigenvalue weighted by Crippen LogP contribution is -2.54. The van der Waals surface area contributed by atoms with E-state index >= 15 is 0 Å². The molecule has 190 valence electrons. The average molecular weight is 488 g/mol. The minimum atomic E-state index is -0.972. The Morgan fingerprint density at radius 3 is 2.06 bits per heavy atom. The maximum atomic E-state index is 11.5.